The number of carbonyl (C=O) groups excluding carboxylic acids is 1. The zero-order chi connectivity index (χ0) is 13.7. The molecule has 1 saturated heterocycles. The number of carbonyl (C=O) groups is 1. The molecule has 1 aromatic heterocycles. The number of amides is 1. The van der Waals surface area contributed by atoms with Gasteiger partial charge >= 0.3 is 0 Å². The average Bonchev–Trinajstić information content (AvgIpc) is 2.41. The monoisotopic (exact) mass is 264 g/mol. The largest absolute Gasteiger partial charge is 0.381 e. The maximum Gasteiger partial charge on any atom is 0.228 e. The lowest BCUT2D eigenvalue weighted by molar-refractivity contribution is -0.122. The molecule has 19 heavy (non-hydrogen) atoms. The van der Waals surface area contributed by atoms with E-state index in [9.17, 15) is 4.79 Å². The van der Waals surface area contributed by atoms with Gasteiger partial charge in [-0.3, -0.25) is 4.79 Å². The van der Waals surface area contributed by atoms with Crippen LogP contribution in [0.3, 0.4) is 0 Å². The van der Waals surface area contributed by atoms with E-state index in [1.165, 1.54) is 0 Å². The molecule has 1 aliphatic heterocycles. The van der Waals surface area contributed by atoms with Crippen LogP contribution in [-0.2, 0) is 9.53 Å². The molecule has 1 fully saturated rings. The van der Waals surface area contributed by atoms with Crippen LogP contribution in [0.1, 0.15) is 26.7 Å². The number of hydrogen-bond donors (Lipinski definition) is 2. The molecule has 6 nitrogen and oxygen atoms in total. The van der Waals surface area contributed by atoms with E-state index in [0.29, 0.717) is 30.9 Å². The van der Waals surface area contributed by atoms with Crippen molar-refractivity contribution in [2.45, 2.75) is 32.7 Å². The third kappa shape index (κ3) is 4.17. The van der Waals surface area contributed by atoms with Crippen LogP contribution in [0.25, 0.3) is 0 Å². The molecule has 2 N–H and O–H groups in total. The molecular weight excluding hydrogens is 244 g/mol. The van der Waals surface area contributed by atoms with Gasteiger partial charge in [-0.25, -0.2) is 0 Å². The number of ether oxygens (including phenoxy) is 1. The Morgan fingerprint density at radius 2 is 1.89 bits per heavy atom. The molecule has 0 bridgehead atoms. The predicted octanol–water partition coefficient (Wildman–Crippen LogP) is 1.66. The highest BCUT2D eigenvalue weighted by Crippen LogP contribution is 2.17. The molecule has 0 saturated carbocycles. The molecule has 0 aromatic carbocycles. The van der Waals surface area contributed by atoms with Gasteiger partial charge in [0.05, 0.1) is 0 Å². The fourth-order valence-corrected chi connectivity index (χ4v) is 1.96. The van der Waals surface area contributed by atoms with Crippen LogP contribution in [0.4, 0.5) is 11.6 Å². The maximum absolute atomic E-state index is 12.0. The number of nitrogens with one attached hydrogen (secondary N) is 2. The second-order valence-corrected chi connectivity index (χ2v) is 4.98. The van der Waals surface area contributed by atoms with Crippen molar-refractivity contribution in [3.8, 4) is 0 Å². The molecule has 1 aromatic rings. The highest BCUT2D eigenvalue weighted by Gasteiger charge is 2.21. The van der Waals surface area contributed by atoms with Crippen molar-refractivity contribution in [1.29, 1.82) is 0 Å². The minimum atomic E-state index is 0.00201. The fraction of sp³-hybridized carbons (Fsp3) is 0.615. The first-order valence-electron chi connectivity index (χ1n) is 6.64. The number of rotatable bonds is 4. The van der Waals surface area contributed by atoms with E-state index in [0.717, 1.165) is 12.8 Å². The first-order chi connectivity index (χ1) is 9.15. The van der Waals surface area contributed by atoms with Crippen molar-refractivity contribution in [3.63, 3.8) is 0 Å². The molecule has 1 aliphatic rings. The van der Waals surface area contributed by atoms with E-state index in [-0.39, 0.29) is 11.8 Å². The van der Waals surface area contributed by atoms with Gasteiger partial charge in [-0.15, -0.1) is 10.2 Å². The highest BCUT2D eigenvalue weighted by atomic mass is 16.5. The Hall–Kier alpha value is -1.69. The first kappa shape index (κ1) is 13.7. The van der Waals surface area contributed by atoms with Gasteiger partial charge in [0.15, 0.2) is 5.82 Å². The normalized spacial score (nSPS) is 16.4. The lowest BCUT2D eigenvalue weighted by Crippen LogP contribution is -2.28. The van der Waals surface area contributed by atoms with Crippen LogP contribution in [0.2, 0.25) is 0 Å². The van der Waals surface area contributed by atoms with Crippen LogP contribution < -0.4 is 10.6 Å². The van der Waals surface area contributed by atoms with Crippen molar-refractivity contribution < 1.29 is 9.53 Å². The zero-order valence-corrected chi connectivity index (χ0v) is 11.3. The Kier molecular flexibility index (Phi) is 4.68. The molecule has 104 valence electrons. The Bertz CT molecular complexity index is 413. The van der Waals surface area contributed by atoms with E-state index in [4.69, 9.17) is 4.74 Å². The summed E-state index contributed by atoms with van der Waals surface area (Å²) in [5.41, 5.74) is 0. The zero-order valence-electron chi connectivity index (χ0n) is 11.3. The summed E-state index contributed by atoms with van der Waals surface area (Å²) in [7, 11) is 0. The summed E-state index contributed by atoms with van der Waals surface area (Å²) < 4.78 is 5.24. The molecule has 0 spiro atoms. The van der Waals surface area contributed by atoms with E-state index in [1.807, 2.05) is 19.9 Å². The third-order valence-electron chi connectivity index (χ3n) is 2.94. The minimum absolute atomic E-state index is 0.00201. The van der Waals surface area contributed by atoms with Crippen LogP contribution >= 0.6 is 0 Å². The molecule has 2 rings (SSSR count). The van der Waals surface area contributed by atoms with Gasteiger partial charge in [-0.05, 0) is 38.8 Å². The molecule has 0 atom stereocenters. The standard InChI is InChI=1S/C13H20N4O2/c1-9(2)14-11-3-4-12(17-16-11)15-13(18)10-5-7-19-8-6-10/h3-4,9-10H,5-8H2,1-2H3,(H,14,16)(H,15,17,18). The predicted molar refractivity (Wildman–Crippen MR) is 73.0 cm³/mol. The minimum Gasteiger partial charge on any atom is -0.381 e. The fourth-order valence-electron chi connectivity index (χ4n) is 1.96. The molecule has 6 heteroatoms. The summed E-state index contributed by atoms with van der Waals surface area (Å²) >= 11 is 0. The van der Waals surface area contributed by atoms with E-state index in [1.54, 1.807) is 6.07 Å². The summed E-state index contributed by atoms with van der Waals surface area (Å²) in [5.74, 6) is 1.22. The lowest BCUT2D eigenvalue weighted by Gasteiger charge is -2.20. The van der Waals surface area contributed by atoms with Gasteiger partial charge in [-0.1, -0.05) is 0 Å². The van der Waals surface area contributed by atoms with Gasteiger partial charge in [0.1, 0.15) is 5.82 Å². The average molecular weight is 264 g/mol. The van der Waals surface area contributed by atoms with E-state index >= 15 is 0 Å². The number of hydrogen-bond acceptors (Lipinski definition) is 5. The van der Waals surface area contributed by atoms with Gasteiger partial charge in [0, 0.05) is 25.2 Å². The Labute approximate surface area is 112 Å². The SMILES string of the molecule is CC(C)Nc1ccc(NC(=O)C2CCOCC2)nn1. The number of anilines is 2. The Balaban J connectivity index is 1.89. The summed E-state index contributed by atoms with van der Waals surface area (Å²) in [6.07, 6.45) is 1.54. The molecule has 0 radical (unpaired) electrons. The van der Waals surface area contributed by atoms with Gasteiger partial charge in [0.25, 0.3) is 0 Å². The van der Waals surface area contributed by atoms with Crippen molar-refractivity contribution in [2.75, 3.05) is 23.8 Å². The molecule has 0 aliphatic carbocycles. The van der Waals surface area contributed by atoms with Crippen molar-refractivity contribution in [2.24, 2.45) is 5.92 Å². The van der Waals surface area contributed by atoms with Gasteiger partial charge in [0.2, 0.25) is 5.91 Å². The van der Waals surface area contributed by atoms with Crippen LogP contribution in [-0.4, -0.2) is 35.4 Å². The third-order valence-corrected chi connectivity index (χ3v) is 2.94. The smallest absolute Gasteiger partial charge is 0.228 e. The lowest BCUT2D eigenvalue weighted by atomic mass is 9.99. The van der Waals surface area contributed by atoms with Gasteiger partial charge < -0.3 is 15.4 Å². The summed E-state index contributed by atoms with van der Waals surface area (Å²) in [5, 5.41) is 13.9. The highest BCUT2D eigenvalue weighted by molar-refractivity contribution is 5.91. The summed E-state index contributed by atoms with van der Waals surface area (Å²) in [6.45, 7) is 5.37. The quantitative estimate of drug-likeness (QED) is 0.865. The Morgan fingerprint density at radius 3 is 2.47 bits per heavy atom. The topological polar surface area (TPSA) is 76.1 Å². The van der Waals surface area contributed by atoms with E-state index in [2.05, 4.69) is 20.8 Å². The number of nitrogens with zero attached hydrogens (tertiary/aromatic N) is 2. The first-order valence-corrected chi connectivity index (χ1v) is 6.64. The Morgan fingerprint density at radius 1 is 1.26 bits per heavy atom. The van der Waals surface area contributed by atoms with Crippen molar-refractivity contribution in [1.82, 2.24) is 10.2 Å². The summed E-state index contributed by atoms with van der Waals surface area (Å²) in [4.78, 5) is 12.0. The van der Waals surface area contributed by atoms with Crippen LogP contribution in [0.15, 0.2) is 12.1 Å². The second-order valence-electron chi connectivity index (χ2n) is 4.98. The van der Waals surface area contributed by atoms with Gasteiger partial charge in [-0.2, -0.15) is 0 Å². The van der Waals surface area contributed by atoms with Crippen molar-refractivity contribution >= 4 is 17.5 Å². The second kappa shape index (κ2) is 6.47. The maximum atomic E-state index is 12.0. The van der Waals surface area contributed by atoms with Crippen LogP contribution in [0, 0.1) is 5.92 Å². The molecule has 0 unspecified atom stereocenters. The molecular formula is C13H20N4O2. The number of aromatic nitrogens is 2. The van der Waals surface area contributed by atoms with Crippen molar-refractivity contribution in [3.05, 3.63) is 12.1 Å². The van der Waals surface area contributed by atoms with E-state index < -0.39 is 0 Å². The molecule has 1 amide bonds. The summed E-state index contributed by atoms with van der Waals surface area (Å²) in [6, 6.07) is 3.87. The van der Waals surface area contributed by atoms with Crippen LogP contribution in [0.5, 0.6) is 0 Å². The molecule has 2 heterocycles.